The van der Waals surface area contributed by atoms with E-state index in [1.54, 1.807) is 12.1 Å². The van der Waals surface area contributed by atoms with Crippen LogP contribution < -0.4 is 10.6 Å². The van der Waals surface area contributed by atoms with Crippen LogP contribution in [0.25, 0.3) is 0 Å². The summed E-state index contributed by atoms with van der Waals surface area (Å²) < 4.78 is 19.4. The predicted molar refractivity (Wildman–Crippen MR) is 73.2 cm³/mol. The van der Waals surface area contributed by atoms with E-state index < -0.39 is 12.0 Å². The first-order chi connectivity index (χ1) is 9.58. The number of morpholine rings is 1. The summed E-state index contributed by atoms with van der Waals surface area (Å²) in [7, 11) is 0. The van der Waals surface area contributed by atoms with Crippen molar-refractivity contribution in [1.29, 1.82) is 0 Å². The fourth-order valence-corrected chi connectivity index (χ4v) is 2.26. The van der Waals surface area contributed by atoms with E-state index in [1.807, 2.05) is 4.90 Å². The minimum Gasteiger partial charge on any atom is -0.481 e. The van der Waals surface area contributed by atoms with Gasteiger partial charge in [-0.05, 0) is 24.1 Å². The zero-order valence-electron chi connectivity index (χ0n) is 11.2. The van der Waals surface area contributed by atoms with E-state index in [2.05, 4.69) is 0 Å². The van der Waals surface area contributed by atoms with Gasteiger partial charge in [-0.25, -0.2) is 4.39 Å². The largest absolute Gasteiger partial charge is 0.481 e. The molecule has 0 amide bonds. The third kappa shape index (κ3) is 3.68. The number of hydrogen-bond donors (Lipinski definition) is 2. The number of anilines is 1. The molecule has 0 aliphatic carbocycles. The van der Waals surface area contributed by atoms with Crippen molar-refractivity contribution >= 4 is 11.7 Å². The highest BCUT2D eigenvalue weighted by atomic mass is 19.1. The first-order valence-corrected chi connectivity index (χ1v) is 6.67. The van der Waals surface area contributed by atoms with Crippen LogP contribution in [0.1, 0.15) is 24.4 Å². The maximum Gasteiger partial charge on any atom is 0.303 e. The molecule has 1 aromatic carbocycles. The summed E-state index contributed by atoms with van der Waals surface area (Å²) in [6.45, 7) is 2.53. The van der Waals surface area contributed by atoms with Crippen LogP contribution in [0.5, 0.6) is 0 Å². The van der Waals surface area contributed by atoms with Crippen LogP contribution >= 0.6 is 0 Å². The molecule has 0 saturated carbocycles. The van der Waals surface area contributed by atoms with E-state index >= 15 is 0 Å². The van der Waals surface area contributed by atoms with Crippen molar-refractivity contribution in [2.75, 3.05) is 31.2 Å². The number of benzene rings is 1. The molecular weight excluding hydrogens is 263 g/mol. The van der Waals surface area contributed by atoms with E-state index in [0.29, 0.717) is 44.0 Å². The maximum absolute atomic E-state index is 14.1. The molecule has 1 heterocycles. The number of nitrogens with zero attached hydrogens (tertiary/aromatic N) is 1. The van der Waals surface area contributed by atoms with Gasteiger partial charge in [0.2, 0.25) is 0 Å². The molecule has 1 aliphatic rings. The van der Waals surface area contributed by atoms with Gasteiger partial charge in [0.15, 0.2) is 0 Å². The number of rotatable bonds is 5. The van der Waals surface area contributed by atoms with Gasteiger partial charge >= 0.3 is 5.97 Å². The van der Waals surface area contributed by atoms with Crippen LogP contribution in [-0.2, 0) is 9.53 Å². The Kier molecular flexibility index (Phi) is 4.92. The Hall–Kier alpha value is -1.66. The van der Waals surface area contributed by atoms with Crippen LogP contribution in [0.4, 0.5) is 10.1 Å². The van der Waals surface area contributed by atoms with Crippen molar-refractivity contribution < 1.29 is 19.0 Å². The number of ether oxygens (including phenoxy) is 1. The summed E-state index contributed by atoms with van der Waals surface area (Å²) in [5.41, 5.74) is 7.05. The van der Waals surface area contributed by atoms with E-state index in [0.717, 1.165) is 0 Å². The molecule has 1 fully saturated rings. The van der Waals surface area contributed by atoms with Gasteiger partial charge in [-0.3, -0.25) is 4.79 Å². The standard InChI is InChI=1S/C14H19FN2O3/c15-11-9-10(12(16)2-4-14(18)19)1-3-13(11)17-5-7-20-8-6-17/h1,3,9,12H,2,4-8,16H2,(H,18,19). The minimum absolute atomic E-state index is 0.0198. The van der Waals surface area contributed by atoms with Crippen LogP contribution in [0, 0.1) is 5.82 Å². The van der Waals surface area contributed by atoms with Crippen molar-refractivity contribution in [2.24, 2.45) is 5.73 Å². The zero-order chi connectivity index (χ0) is 14.5. The van der Waals surface area contributed by atoms with E-state index in [1.165, 1.54) is 6.07 Å². The van der Waals surface area contributed by atoms with Gasteiger partial charge < -0.3 is 20.5 Å². The molecule has 110 valence electrons. The summed E-state index contributed by atoms with van der Waals surface area (Å²) in [5.74, 6) is -1.22. The Morgan fingerprint density at radius 3 is 2.75 bits per heavy atom. The smallest absolute Gasteiger partial charge is 0.303 e. The Bertz CT molecular complexity index is 475. The van der Waals surface area contributed by atoms with Crippen molar-refractivity contribution in [3.8, 4) is 0 Å². The molecule has 1 aromatic rings. The summed E-state index contributed by atoms with van der Waals surface area (Å²) in [6.07, 6.45) is 0.277. The van der Waals surface area contributed by atoms with Crippen LogP contribution in [-0.4, -0.2) is 37.4 Å². The number of carbonyl (C=O) groups is 1. The average molecular weight is 282 g/mol. The van der Waals surface area contributed by atoms with Crippen LogP contribution in [0.3, 0.4) is 0 Å². The van der Waals surface area contributed by atoms with Gasteiger partial charge in [-0.15, -0.1) is 0 Å². The second-order valence-electron chi connectivity index (χ2n) is 4.85. The molecule has 1 aliphatic heterocycles. The van der Waals surface area contributed by atoms with Crippen LogP contribution in [0.2, 0.25) is 0 Å². The Morgan fingerprint density at radius 2 is 2.15 bits per heavy atom. The normalized spacial score (nSPS) is 17.0. The van der Waals surface area contributed by atoms with Crippen LogP contribution in [0.15, 0.2) is 18.2 Å². The molecule has 1 atom stereocenters. The summed E-state index contributed by atoms with van der Waals surface area (Å²) in [4.78, 5) is 12.5. The van der Waals surface area contributed by atoms with Gasteiger partial charge in [0, 0.05) is 25.6 Å². The zero-order valence-corrected chi connectivity index (χ0v) is 11.2. The van der Waals surface area contributed by atoms with Gasteiger partial charge in [0.25, 0.3) is 0 Å². The lowest BCUT2D eigenvalue weighted by atomic mass is 10.0. The number of nitrogens with two attached hydrogens (primary N) is 1. The van der Waals surface area contributed by atoms with E-state index in [9.17, 15) is 9.18 Å². The predicted octanol–water partition coefficient (Wildman–Crippen LogP) is 1.53. The van der Waals surface area contributed by atoms with Gasteiger partial charge in [0.1, 0.15) is 5.82 Å². The highest BCUT2D eigenvalue weighted by molar-refractivity contribution is 5.66. The molecule has 0 aromatic heterocycles. The number of carboxylic acid groups (broad SMARTS) is 1. The highest BCUT2D eigenvalue weighted by Crippen LogP contribution is 2.25. The molecule has 0 spiro atoms. The van der Waals surface area contributed by atoms with E-state index in [-0.39, 0.29) is 12.2 Å². The molecule has 1 unspecified atom stereocenters. The van der Waals surface area contributed by atoms with Crippen molar-refractivity contribution in [3.63, 3.8) is 0 Å². The lowest BCUT2D eigenvalue weighted by Crippen LogP contribution is -2.36. The fourth-order valence-electron chi connectivity index (χ4n) is 2.26. The molecule has 0 radical (unpaired) electrons. The molecule has 5 nitrogen and oxygen atoms in total. The second kappa shape index (κ2) is 6.67. The summed E-state index contributed by atoms with van der Waals surface area (Å²) >= 11 is 0. The third-order valence-electron chi connectivity index (χ3n) is 3.42. The first kappa shape index (κ1) is 14.7. The van der Waals surface area contributed by atoms with Crippen molar-refractivity contribution in [3.05, 3.63) is 29.6 Å². The van der Waals surface area contributed by atoms with E-state index in [4.69, 9.17) is 15.6 Å². The number of halogens is 1. The minimum atomic E-state index is -0.897. The molecule has 2 rings (SSSR count). The molecule has 1 saturated heterocycles. The lowest BCUT2D eigenvalue weighted by Gasteiger charge is -2.29. The lowest BCUT2D eigenvalue weighted by molar-refractivity contribution is -0.137. The van der Waals surface area contributed by atoms with Gasteiger partial charge in [-0.1, -0.05) is 6.07 Å². The highest BCUT2D eigenvalue weighted by Gasteiger charge is 2.17. The molecule has 6 heteroatoms. The topological polar surface area (TPSA) is 75.8 Å². The summed E-state index contributed by atoms with van der Waals surface area (Å²) in [5, 5.41) is 8.63. The Labute approximate surface area is 117 Å². The third-order valence-corrected chi connectivity index (χ3v) is 3.42. The molecule has 3 N–H and O–H groups in total. The van der Waals surface area contributed by atoms with Crippen molar-refractivity contribution in [2.45, 2.75) is 18.9 Å². The van der Waals surface area contributed by atoms with Gasteiger partial charge in [0.05, 0.1) is 18.9 Å². The van der Waals surface area contributed by atoms with Crippen molar-refractivity contribution in [1.82, 2.24) is 0 Å². The number of aliphatic carboxylic acids is 1. The second-order valence-corrected chi connectivity index (χ2v) is 4.85. The number of hydrogen-bond acceptors (Lipinski definition) is 4. The fraction of sp³-hybridized carbons (Fsp3) is 0.500. The average Bonchev–Trinajstić information content (AvgIpc) is 2.45. The molecule has 20 heavy (non-hydrogen) atoms. The first-order valence-electron chi connectivity index (χ1n) is 6.67. The van der Waals surface area contributed by atoms with Gasteiger partial charge in [-0.2, -0.15) is 0 Å². The Balaban J connectivity index is 2.06. The monoisotopic (exact) mass is 282 g/mol. The maximum atomic E-state index is 14.1. The SMILES string of the molecule is NC(CCC(=O)O)c1ccc(N2CCOCC2)c(F)c1. The molecule has 0 bridgehead atoms. The Morgan fingerprint density at radius 1 is 1.45 bits per heavy atom. The molecular formula is C14H19FN2O3. The quantitative estimate of drug-likeness (QED) is 0.856. The summed E-state index contributed by atoms with van der Waals surface area (Å²) in [6, 6.07) is 4.41. The number of carboxylic acids is 1.